The highest BCUT2D eigenvalue weighted by Gasteiger charge is 2.22. The number of hydrogen-bond acceptors (Lipinski definition) is 4. The number of nitrogens with zero attached hydrogens (tertiary/aromatic N) is 2. The molecule has 0 bridgehead atoms. The minimum absolute atomic E-state index is 0.134. The first-order valence-corrected chi connectivity index (χ1v) is 7.84. The number of para-hydroxylation sites is 1. The Morgan fingerprint density at radius 3 is 2.83 bits per heavy atom. The molecule has 0 aliphatic heterocycles. The summed E-state index contributed by atoms with van der Waals surface area (Å²) in [7, 11) is 3.94. The van der Waals surface area contributed by atoms with Gasteiger partial charge >= 0.3 is 0 Å². The van der Waals surface area contributed by atoms with Crippen LogP contribution in [0, 0.1) is 0 Å². The summed E-state index contributed by atoms with van der Waals surface area (Å²) >= 11 is 0. The molecule has 23 heavy (non-hydrogen) atoms. The van der Waals surface area contributed by atoms with Gasteiger partial charge in [0.05, 0.1) is 22.5 Å². The summed E-state index contributed by atoms with van der Waals surface area (Å²) < 4.78 is 5.13. The van der Waals surface area contributed by atoms with Crippen LogP contribution in [0.5, 0.6) is 0 Å². The monoisotopic (exact) mass is 311 g/mol. The van der Waals surface area contributed by atoms with Crippen LogP contribution >= 0.6 is 0 Å². The number of benzene rings is 1. The van der Waals surface area contributed by atoms with E-state index in [9.17, 15) is 4.79 Å². The Bertz CT molecular complexity index is 830. The highest BCUT2D eigenvalue weighted by Crippen LogP contribution is 2.33. The van der Waals surface area contributed by atoms with E-state index in [-0.39, 0.29) is 5.78 Å². The number of fused-ring (bicyclic) bond motifs is 1. The first-order valence-electron chi connectivity index (χ1n) is 7.84. The van der Waals surface area contributed by atoms with Gasteiger partial charge < -0.3 is 14.4 Å². The third-order valence-electron chi connectivity index (χ3n) is 4.02. The number of aromatic nitrogens is 2. The molecule has 0 amide bonds. The maximum atomic E-state index is 12.8. The second-order valence-electron chi connectivity index (χ2n) is 5.93. The van der Waals surface area contributed by atoms with Crippen LogP contribution in [0.4, 0.5) is 0 Å². The number of nitrogens with one attached hydrogen (secondary N) is 1. The van der Waals surface area contributed by atoms with Crippen molar-refractivity contribution < 1.29 is 9.32 Å². The van der Waals surface area contributed by atoms with E-state index in [1.165, 1.54) is 0 Å². The predicted molar refractivity (Wildman–Crippen MR) is 90.7 cm³/mol. The van der Waals surface area contributed by atoms with Gasteiger partial charge in [0.1, 0.15) is 6.26 Å². The van der Waals surface area contributed by atoms with Crippen molar-refractivity contribution in [3.05, 3.63) is 41.8 Å². The van der Waals surface area contributed by atoms with Crippen molar-refractivity contribution in [2.24, 2.45) is 0 Å². The molecule has 0 radical (unpaired) electrons. The molecular weight excluding hydrogens is 290 g/mol. The van der Waals surface area contributed by atoms with Gasteiger partial charge in [-0.15, -0.1) is 0 Å². The van der Waals surface area contributed by atoms with E-state index in [0.717, 1.165) is 46.4 Å². The summed E-state index contributed by atoms with van der Waals surface area (Å²) in [4.78, 5) is 18.2. The van der Waals surface area contributed by atoms with Gasteiger partial charge in [-0.3, -0.25) is 4.79 Å². The molecule has 5 nitrogen and oxygen atoms in total. The van der Waals surface area contributed by atoms with Crippen LogP contribution in [0.15, 0.2) is 35.1 Å². The van der Waals surface area contributed by atoms with Gasteiger partial charge in [-0.2, -0.15) is 0 Å². The Labute approximate surface area is 135 Å². The van der Waals surface area contributed by atoms with Crippen molar-refractivity contribution in [2.45, 2.75) is 19.8 Å². The van der Waals surface area contributed by atoms with E-state index in [4.69, 9.17) is 4.52 Å². The number of H-pyrrole nitrogens is 1. The van der Waals surface area contributed by atoms with Gasteiger partial charge in [-0.25, -0.2) is 0 Å². The molecule has 120 valence electrons. The van der Waals surface area contributed by atoms with Crippen molar-refractivity contribution in [1.82, 2.24) is 15.0 Å². The van der Waals surface area contributed by atoms with Crippen LogP contribution in [0.3, 0.4) is 0 Å². The number of ketones is 1. The molecule has 0 aliphatic rings. The molecule has 0 unspecified atom stereocenters. The molecule has 2 heterocycles. The fourth-order valence-electron chi connectivity index (χ4n) is 2.80. The molecule has 0 saturated heterocycles. The van der Waals surface area contributed by atoms with Crippen LogP contribution in [0.25, 0.3) is 22.2 Å². The van der Waals surface area contributed by atoms with Gasteiger partial charge in [0.15, 0.2) is 5.78 Å². The van der Waals surface area contributed by atoms with Crippen molar-refractivity contribution in [3.8, 4) is 11.3 Å². The highest BCUT2D eigenvalue weighted by molar-refractivity contribution is 6.13. The molecule has 1 aromatic carbocycles. The zero-order valence-electron chi connectivity index (χ0n) is 13.7. The second kappa shape index (κ2) is 6.38. The molecule has 0 fully saturated rings. The summed E-state index contributed by atoms with van der Waals surface area (Å²) in [6.45, 7) is 2.75. The van der Waals surface area contributed by atoms with Crippen LogP contribution in [-0.4, -0.2) is 41.5 Å². The maximum Gasteiger partial charge on any atom is 0.166 e. The molecular formula is C18H21N3O2. The Kier molecular flexibility index (Phi) is 4.30. The van der Waals surface area contributed by atoms with Crippen LogP contribution in [0.2, 0.25) is 0 Å². The summed E-state index contributed by atoms with van der Waals surface area (Å²) in [5.41, 5.74) is 4.24. The number of hydrogen-bond donors (Lipinski definition) is 1. The average molecular weight is 311 g/mol. The molecule has 3 rings (SSSR count). The minimum atomic E-state index is 0.134. The van der Waals surface area contributed by atoms with E-state index < -0.39 is 0 Å². The minimum Gasteiger partial charge on any atom is -0.364 e. The third-order valence-corrected chi connectivity index (χ3v) is 4.02. The van der Waals surface area contributed by atoms with E-state index in [0.29, 0.717) is 6.42 Å². The van der Waals surface area contributed by atoms with Gasteiger partial charge in [0.2, 0.25) is 0 Å². The number of carbonyl (C=O) groups excluding carboxylic acids is 1. The van der Waals surface area contributed by atoms with Crippen molar-refractivity contribution in [2.75, 3.05) is 20.6 Å². The molecule has 0 spiro atoms. The molecule has 3 aromatic rings. The van der Waals surface area contributed by atoms with Gasteiger partial charge in [-0.1, -0.05) is 30.3 Å². The fraction of sp³-hybridized carbons (Fsp3) is 0.333. The Hall–Kier alpha value is -2.40. The molecule has 0 atom stereocenters. The first kappa shape index (κ1) is 15.5. The lowest BCUT2D eigenvalue weighted by Crippen LogP contribution is -2.17. The molecule has 1 N–H and O–H groups in total. The zero-order valence-corrected chi connectivity index (χ0v) is 13.7. The van der Waals surface area contributed by atoms with Crippen LogP contribution in [-0.2, 0) is 6.42 Å². The number of Topliss-reactive ketones (excluding diaryl/α,β-unsaturated/α-hetero) is 1. The summed E-state index contributed by atoms with van der Waals surface area (Å²) in [6, 6.07) is 7.89. The lowest BCUT2D eigenvalue weighted by atomic mass is 10.00. The van der Waals surface area contributed by atoms with E-state index in [2.05, 4.69) is 10.1 Å². The third kappa shape index (κ3) is 2.92. The number of rotatable bonds is 6. The zero-order chi connectivity index (χ0) is 16.4. The van der Waals surface area contributed by atoms with E-state index >= 15 is 0 Å². The van der Waals surface area contributed by atoms with Crippen molar-refractivity contribution in [3.63, 3.8) is 0 Å². The standard InChI is InChI=1S/C18H21N3O2/c1-4-14-13(11-23-20-14)18-17(16(22)9-10-21(2)3)12-7-5-6-8-15(12)19-18/h5-8,11,19H,4,9-10H2,1-3H3. The summed E-state index contributed by atoms with van der Waals surface area (Å²) in [5.74, 6) is 0.134. The van der Waals surface area contributed by atoms with E-state index in [1.54, 1.807) is 6.26 Å². The Morgan fingerprint density at radius 1 is 1.30 bits per heavy atom. The molecule has 2 aromatic heterocycles. The fourth-order valence-corrected chi connectivity index (χ4v) is 2.80. The quantitative estimate of drug-likeness (QED) is 0.708. The number of aryl methyl sites for hydroxylation is 1. The SMILES string of the molecule is CCc1nocc1-c1[nH]c2ccccc2c1C(=O)CCN(C)C. The molecule has 5 heteroatoms. The Morgan fingerprint density at radius 2 is 2.09 bits per heavy atom. The lowest BCUT2D eigenvalue weighted by molar-refractivity contribution is 0.0975. The largest absolute Gasteiger partial charge is 0.364 e. The smallest absolute Gasteiger partial charge is 0.166 e. The summed E-state index contributed by atoms with van der Waals surface area (Å²) in [6.07, 6.45) is 2.85. The summed E-state index contributed by atoms with van der Waals surface area (Å²) in [5, 5.41) is 4.99. The topological polar surface area (TPSA) is 62.1 Å². The van der Waals surface area contributed by atoms with Gasteiger partial charge in [0.25, 0.3) is 0 Å². The molecule has 0 saturated carbocycles. The number of aromatic amines is 1. The predicted octanol–water partition coefficient (Wildman–Crippen LogP) is 3.52. The average Bonchev–Trinajstić information content (AvgIpc) is 3.15. The Balaban J connectivity index is 2.14. The molecule has 0 aliphatic carbocycles. The first-order chi connectivity index (χ1) is 11.1. The van der Waals surface area contributed by atoms with E-state index in [1.807, 2.05) is 50.2 Å². The second-order valence-corrected chi connectivity index (χ2v) is 5.93. The maximum absolute atomic E-state index is 12.8. The van der Waals surface area contributed by atoms with Crippen molar-refractivity contribution in [1.29, 1.82) is 0 Å². The van der Waals surface area contributed by atoms with Crippen molar-refractivity contribution >= 4 is 16.7 Å². The van der Waals surface area contributed by atoms with Crippen LogP contribution < -0.4 is 0 Å². The lowest BCUT2D eigenvalue weighted by Gasteiger charge is -2.09. The van der Waals surface area contributed by atoms with Crippen LogP contribution in [0.1, 0.15) is 29.4 Å². The van der Waals surface area contributed by atoms with Gasteiger partial charge in [0, 0.05) is 23.9 Å². The van der Waals surface area contributed by atoms with Gasteiger partial charge in [-0.05, 0) is 26.6 Å². The number of carbonyl (C=O) groups is 1. The highest BCUT2D eigenvalue weighted by atomic mass is 16.5. The normalized spacial score (nSPS) is 11.5.